The van der Waals surface area contributed by atoms with Crippen LogP contribution in [0, 0.1) is 0 Å². The van der Waals surface area contributed by atoms with Crippen molar-refractivity contribution in [3.63, 3.8) is 0 Å². The van der Waals surface area contributed by atoms with Crippen LogP contribution < -0.4 is 14.9 Å². The summed E-state index contributed by atoms with van der Waals surface area (Å²) < 4.78 is 11.3. The Morgan fingerprint density at radius 1 is 1.07 bits per heavy atom. The average molecular weight is 363 g/mol. The second kappa shape index (κ2) is 8.80. The summed E-state index contributed by atoms with van der Waals surface area (Å²) in [6, 6.07) is 13.0. The van der Waals surface area contributed by atoms with E-state index in [2.05, 4.69) is 15.5 Å². The van der Waals surface area contributed by atoms with E-state index in [4.69, 9.17) is 9.47 Å². The molecule has 0 fully saturated rings. The summed E-state index contributed by atoms with van der Waals surface area (Å²) in [6.45, 7) is 4.98. The summed E-state index contributed by atoms with van der Waals surface area (Å²) in [6.07, 6.45) is 4.72. The number of ether oxygens (including phenoxy) is 2. The molecule has 0 saturated heterocycles. The number of aromatic nitrogens is 1. The van der Waals surface area contributed by atoms with Gasteiger partial charge in [-0.15, -0.1) is 0 Å². The molecular weight excluding hydrogens is 342 g/mol. The van der Waals surface area contributed by atoms with Crippen LogP contribution in [-0.4, -0.2) is 30.3 Å². The predicted octanol–water partition coefficient (Wildman–Crippen LogP) is 3.80. The first-order valence-electron chi connectivity index (χ1n) is 8.78. The van der Waals surface area contributed by atoms with Gasteiger partial charge in [-0.3, -0.25) is 9.78 Å². The highest BCUT2D eigenvalue weighted by molar-refractivity contribution is 6.03. The number of carbonyl (C=O) groups is 1. The molecule has 1 N–H and O–H groups in total. The summed E-state index contributed by atoms with van der Waals surface area (Å²) in [5, 5.41) is 6.09. The standard InChI is InChI=1S/C21H21N3O3/c1-3-26-17-7-5-15-6-8-20(27-4-2)19(18(15)13-17)14-23-24-21(25)16-9-11-22-12-10-16/h5-14H,3-4H2,1-2H3,(H,24,25)/b23-14+. The van der Waals surface area contributed by atoms with Crippen molar-refractivity contribution in [2.24, 2.45) is 5.10 Å². The zero-order valence-electron chi connectivity index (χ0n) is 15.3. The van der Waals surface area contributed by atoms with E-state index in [1.807, 2.05) is 44.2 Å². The van der Waals surface area contributed by atoms with Crippen molar-refractivity contribution < 1.29 is 14.3 Å². The van der Waals surface area contributed by atoms with Gasteiger partial charge in [0.1, 0.15) is 11.5 Å². The molecule has 6 nitrogen and oxygen atoms in total. The molecule has 0 radical (unpaired) electrons. The number of nitrogens with zero attached hydrogens (tertiary/aromatic N) is 2. The van der Waals surface area contributed by atoms with E-state index in [-0.39, 0.29) is 5.91 Å². The van der Waals surface area contributed by atoms with Crippen LogP contribution in [0.15, 0.2) is 60.0 Å². The highest BCUT2D eigenvalue weighted by Crippen LogP contribution is 2.30. The number of nitrogens with one attached hydrogen (secondary N) is 1. The van der Waals surface area contributed by atoms with Crippen LogP contribution in [0.5, 0.6) is 11.5 Å². The van der Waals surface area contributed by atoms with Crippen molar-refractivity contribution in [3.05, 3.63) is 66.0 Å². The Bertz CT molecular complexity index is 950. The molecule has 1 amide bonds. The summed E-state index contributed by atoms with van der Waals surface area (Å²) in [7, 11) is 0. The number of hydrazone groups is 1. The Morgan fingerprint density at radius 3 is 2.56 bits per heavy atom. The minimum Gasteiger partial charge on any atom is -0.494 e. The number of benzene rings is 2. The number of hydrogen-bond donors (Lipinski definition) is 1. The maximum atomic E-state index is 12.1. The van der Waals surface area contributed by atoms with Crippen LogP contribution in [0.3, 0.4) is 0 Å². The fourth-order valence-corrected chi connectivity index (χ4v) is 2.70. The van der Waals surface area contributed by atoms with Crippen LogP contribution in [0.2, 0.25) is 0 Å². The van der Waals surface area contributed by atoms with Gasteiger partial charge in [-0.25, -0.2) is 5.43 Å². The molecule has 138 valence electrons. The lowest BCUT2D eigenvalue weighted by Crippen LogP contribution is -2.17. The summed E-state index contributed by atoms with van der Waals surface area (Å²) in [4.78, 5) is 16.0. The van der Waals surface area contributed by atoms with Gasteiger partial charge in [0.2, 0.25) is 0 Å². The van der Waals surface area contributed by atoms with E-state index in [0.29, 0.717) is 24.5 Å². The second-order valence-corrected chi connectivity index (χ2v) is 5.66. The van der Waals surface area contributed by atoms with E-state index in [0.717, 1.165) is 22.1 Å². The van der Waals surface area contributed by atoms with Crippen molar-refractivity contribution in [1.82, 2.24) is 10.4 Å². The largest absolute Gasteiger partial charge is 0.494 e. The quantitative estimate of drug-likeness (QED) is 0.512. The maximum absolute atomic E-state index is 12.1. The third-order valence-electron chi connectivity index (χ3n) is 3.91. The monoisotopic (exact) mass is 363 g/mol. The highest BCUT2D eigenvalue weighted by atomic mass is 16.5. The van der Waals surface area contributed by atoms with Gasteiger partial charge < -0.3 is 9.47 Å². The van der Waals surface area contributed by atoms with Gasteiger partial charge in [-0.05, 0) is 55.0 Å². The summed E-state index contributed by atoms with van der Waals surface area (Å²) in [5.74, 6) is 1.16. The molecule has 0 bridgehead atoms. The number of fused-ring (bicyclic) bond motifs is 1. The lowest BCUT2D eigenvalue weighted by molar-refractivity contribution is 0.0955. The molecule has 2 aromatic carbocycles. The molecule has 0 atom stereocenters. The Kier molecular flexibility index (Phi) is 5.99. The van der Waals surface area contributed by atoms with Crippen molar-refractivity contribution in [2.45, 2.75) is 13.8 Å². The van der Waals surface area contributed by atoms with Crippen molar-refractivity contribution in [3.8, 4) is 11.5 Å². The molecule has 3 rings (SSSR count). The zero-order valence-corrected chi connectivity index (χ0v) is 15.3. The molecule has 1 heterocycles. The Balaban J connectivity index is 1.93. The molecule has 6 heteroatoms. The Labute approximate surface area is 157 Å². The summed E-state index contributed by atoms with van der Waals surface area (Å²) in [5.41, 5.74) is 3.81. The molecule has 0 aliphatic carbocycles. The molecular formula is C21H21N3O3. The van der Waals surface area contributed by atoms with Crippen LogP contribution in [0.25, 0.3) is 10.8 Å². The van der Waals surface area contributed by atoms with Gasteiger partial charge in [-0.2, -0.15) is 5.10 Å². The third-order valence-corrected chi connectivity index (χ3v) is 3.91. The SMILES string of the molecule is CCOc1ccc2ccc(OCC)c(/C=N/NC(=O)c3ccncc3)c2c1. The molecule has 0 aliphatic heterocycles. The molecule has 27 heavy (non-hydrogen) atoms. The van der Waals surface area contributed by atoms with Gasteiger partial charge in [0.05, 0.1) is 19.4 Å². The molecule has 3 aromatic rings. The van der Waals surface area contributed by atoms with Gasteiger partial charge in [-0.1, -0.05) is 12.1 Å². The maximum Gasteiger partial charge on any atom is 0.271 e. The minimum atomic E-state index is -0.304. The number of hydrogen-bond acceptors (Lipinski definition) is 5. The first kappa shape index (κ1) is 18.4. The number of rotatable bonds is 7. The number of carbonyl (C=O) groups excluding carboxylic acids is 1. The molecule has 1 aromatic heterocycles. The predicted molar refractivity (Wildman–Crippen MR) is 106 cm³/mol. The zero-order chi connectivity index (χ0) is 19.1. The molecule has 0 aliphatic rings. The molecule has 0 spiro atoms. The normalized spacial score (nSPS) is 10.9. The lowest BCUT2D eigenvalue weighted by atomic mass is 10.0. The summed E-state index contributed by atoms with van der Waals surface area (Å²) >= 11 is 0. The fraction of sp³-hybridized carbons (Fsp3) is 0.190. The van der Waals surface area contributed by atoms with Gasteiger partial charge in [0.15, 0.2) is 0 Å². The molecule has 0 saturated carbocycles. The van der Waals surface area contributed by atoms with E-state index in [9.17, 15) is 4.79 Å². The van der Waals surface area contributed by atoms with Gasteiger partial charge >= 0.3 is 0 Å². The van der Waals surface area contributed by atoms with Crippen LogP contribution in [-0.2, 0) is 0 Å². The van der Waals surface area contributed by atoms with E-state index in [1.165, 1.54) is 0 Å². The first-order chi connectivity index (χ1) is 13.2. The topological polar surface area (TPSA) is 72.8 Å². The smallest absolute Gasteiger partial charge is 0.271 e. The molecule has 0 unspecified atom stereocenters. The van der Waals surface area contributed by atoms with Crippen molar-refractivity contribution >= 4 is 22.9 Å². The number of pyridine rings is 1. The Hall–Kier alpha value is -3.41. The van der Waals surface area contributed by atoms with E-state index < -0.39 is 0 Å². The van der Waals surface area contributed by atoms with Crippen molar-refractivity contribution in [1.29, 1.82) is 0 Å². The second-order valence-electron chi connectivity index (χ2n) is 5.66. The van der Waals surface area contributed by atoms with Crippen LogP contribution in [0.1, 0.15) is 29.8 Å². The Morgan fingerprint density at radius 2 is 1.81 bits per heavy atom. The van der Waals surface area contributed by atoms with Gasteiger partial charge in [0.25, 0.3) is 5.91 Å². The first-order valence-corrected chi connectivity index (χ1v) is 8.78. The van der Waals surface area contributed by atoms with Crippen LogP contribution >= 0.6 is 0 Å². The third kappa shape index (κ3) is 4.41. The van der Waals surface area contributed by atoms with E-state index in [1.54, 1.807) is 30.7 Å². The lowest BCUT2D eigenvalue weighted by Gasteiger charge is -2.12. The van der Waals surface area contributed by atoms with Gasteiger partial charge in [0, 0.05) is 23.5 Å². The van der Waals surface area contributed by atoms with Crippen molar-refractivity contribution in [2.75, 3.05) is 13.2 Å². The fourth-order valence-electron chi connectivity index (χ4n) is 2.70. The van der Waals surface area contributed by atoms with E-state index >= 15 is 0 Å². The highest BCUT2D eigenvalue weighted by Gasteiger charge is 2.09. The van der Waals surface area contributed by atoms with Crippen LogP contribution in [0.4, 0.5) is 0 Å². The average Bonchev–Trinajstić information content (AvgIpc) is 2.70. The number of amides is 1. The minimum absolute atomic E-state index is 0.304.